The van der Waals surface area contributed by atoms with Crippen LogP contribution < -0.4 is 10.6 Å². The lowest BCUT2D eigenvalue weighted by Gasteiger charge is -2.17. The first-order valence-electron chi connectivity index (χ1n) is 6.81. The zero-order valence-electron chi connectivity index (χ0n) is 12.3. The minimum Gasteiger partial charge on any atom is -0.383 e. The molecule has 0 aliphatic heterocycles. The van der Waals surface area contributed by atoms with E-state index in [1.165, 1.54) is 0 Å². The number of hydrogen-bond donors (Lipinski definition) is 2. The highest BCUT2D eigenvalue weighted by molar-refractivity contribution is 5.78. The third-order valence-corrected chi connectivity index (χ3v) is 2.98. The highest BCUT2D eigenvalue weighted by Crippen LogP contribution is 1.94. The molecule has 0 rings (SSSR count). The predicted octanol–water partition coefficient (Wildman–Crippen LogP) is 0.459. The maximum absolute atomic E-state index is 11.6. The van der Waals surface area contributed by atoms with Crippen molar-refractivity contribution in [3.63, 3.8) is 0 Å². The predicted molar refractivity (Wildman–Crippen MR) is 74.8 cm³/mol. The molecule has 0 saturated carbocycles. The summed E-state index contributed by atoms with van der Waals surface area (Å²) in [5.41, 5.74) is 0. The van der Waals surface area contributed by atoms with Gasteiger partial charge in [-0.15, -0.1) is 0 Å². The number of amides is 1. The first kappa shape index (κ1) is 17.4. The van der Waals surface area contributed by atoms with Gasteiger partial charge in [0.15, 0.2) is 0 Å². The summed E-state index contributed by atoms with van der Waals surface area (Å²) in [5, 5.41) is 6.16. The molecule has 0 atom stereocenters. The number of nitrogens with zero attached hydrogens (tertiary/aromatic N) is 1. The lowest BCUT2D eigenvalue weighted by molar-refractivity contribution is -0.121. The Labute approximate surface area is 111 Å². The summed E-state index contributed by atoms with van der Waals surface area (Å²) in [6.45, 7) is 7.97. The summed E-state index contributed by atoms with van der Waals surface area (Å²) in [7, 11) is 3.75. The summed E-state index contributed by atoms with van der Waals surface area (Å²) in [5.74, 6) is 0.0863. The van der Waals surface area contributed by atoms with Crippen LogP contribution in [0.15, 0.2) is 0 Å². The zero-order valence-corrected chi connectivity index (χ0v) is 12.3. The molecule has 0 unspecified atom stereocenters. The van der Waals surface area contributed by atoms with Crippen molar-refractivity contribution in [2.75, 3.05) is 46.9 Å². The first-order chi connectivity index (χ1) is 8.63. The first-order valence-corrected chi connectivity index (χ1v) is 6.81. The molecule has 0 aliphatic carbocycles. The van der Waals surface area contributed by atoms with Crippen molar-refractivity contribution in [3.05, 3.63) is 0 Å². The normalized spacial score (nSPS) is 11.2. The van der Waals surface area contributed by atoms with Gasteiger partial charge in [-0.05, 0) is 19.9 Å². The van der Waals surface area contributed by atoms with E-state index in [1.807, 2.05) is 7.05 Å². The number of carbonyl (C=O) groups is 1. The van der Waals surface area contributed by atoms with Gasteiger partial charge in [0.2, 0.25) is 5.91 Å². The van der Waals surface area contributed by atoms with E-state index < -0.39 is 0 Å². The van der Waals surface area contributed by atoms with Crippen molar-refractivity contribution in [2.45, 2.75) is 32.7 Å². The van der Waals surface area contributed by atoms with Gasteiger partial charge in [-0.1, -0.05) is 13.8 Å². The standard InChI is InChI=1S/C13H29N3O2/c1-5-12(6-2)15-13(17)11-14-7-8-16(3)9-10-18-4/h12,14H,5-11H2,1-4H3,(H,15,17). The molecule has 1 amide bonds. The Hall–Kier alpha value is -0.650. The van der Waals surface area contributed by atoms with Gasteiger partial charge in [0.1, 0.15) is 0 Å². The van der Waals surface area contributed by atoms with Gasteiger partial charge < -0.3 is 20.3 Å². The maximum Gasteiger partial charge on any atom is 0.234 e. The van der Waals surface area contributed by atoms with Crippen LogP contribution in [-0.2, 0) is 9.53 Å². The van der Waals surface area contributed by atoms with E-state index in [-0.39, 0.29) is 5.91 Å². The molecule has 5 nitrogen and oxygen atoms in total. The topological polar surface area (TPSA) is 53.6 Å². The number of hydrogen-bond acceptors (Lipinski definition) is 4. The molecule has 0 aromatic heterocycles. The second-order valence-corrected chi connectivity index (χ2v) is 4.55. The molecule has 0 aromatic carbocycles. The summed E-state index contributed by atoms with van der Waals surface area (Å²) in [6, 6.07) is 0.309. The fourth-order valence-corrected chi connectivity index (χ4v) is 1.60. The smallest absolute Gasteiger partial charge is 0.234 e. The molecule has 2 N–H and O–H groups in total. The lowest BCUT2D eigenvalue weighted by Crippen LogP contribution is -2.41. The van der Waals surface area contributed by atoms with Crippen LogP contribution in [0.5, 0.6) is 0 Å². The van der Waals surface area contributed by atoms with Gasteiger partial charge in [-0.3, -0.25) is 4.79 Å². The lowest BCUT2D eigenvalue weighted by atomic mass is 10.2. The summed E-state index contributed by atoms with van der Waals surface area (Å²) in [6.07, 6.45) is 1.98. The molecule has 0 heterocycles. The van der Waals surface area contributed by atoms with E-state index in [9.17, 15) is 4.79 Å². The monoisotopic (exact) mass is 259 g/mol. The number of methoxy groups -OCH3 is 1. The van der Waals surface area contributed by atoms with Gasteiger partial charge in [0.25, 0.3) is 0 Å². The number of likely N-dealkylation sites (N-methyl/N-ethyl adjacent to an activating group) is 1. The second-order valence-electron chi connectivity index (χ2n) is 4.55. The van der Waals surface area contributed by atoms with E-state index in [4.69, 9.17) is 4.74 Å². The van der Waals surface area contributed by atoms with Crippen molar-refractivity contribution in [1.29, 1.82) is 0 Å². The van der Waals surface area contributed by atoms with Gasteiger partial charge >= 0.3 is 0 Å². The summed E-state index contributed by atoms with van der Waals surface area (Å²) < 4.78 is 5.00. The largest absolute Gasteiger partial charge is 0.383 e. The SMILES string of the molecule is CCC(CC)NC(=O)CNCCN(C)CCOC. The van der Waals surface area contributed by atoms with Crippen LogP contribution in [0.25, 0.3) is 0 Å². The maximum atomic E-state index is 11.6. The van der Waals surface area contributed by atoms with Gasteiger partial charge in [-0.2, -0.15) is 0 Å². The molecule has 0 spiro atoms. The Bertz CT molecular complexity index is 208. The number of rotatable bonds is 11. The molecule has 18 heavy (non-hydrogen) atoms. The van der Waals surface area contributed by atoms with E-state index in [2.05, 4.69) is 29.4 Å². The van der Waals surface area contributed by atoms with Crippen LogP contribution in [0.2, 0.25) is 0 Å². The zero-order chi connectivity index (χ0) is 13.8. The molecule has 0 bridgehead atoms. The van der Waals surface area contributed by atoms with E-state index >= 15 is 0 Å². The minimum atomic E-state index is 0.0863. The molecule has 0 saturated heterocycles. The number of nitrogens with one attached hydrogen (secondary N) is 2. The van der Waals surface area contributed by atoms with Crippen molar-refractivity contribution >= 4 is 5.91 Å². The van der Waals surface area contributed by atoms with Crippen LogP contribution in [-0.4, -0.2) is 63.8 Å². The fourth-order valence-electron chi connectivity index (χ4n) is 1.60. The molecular formula is C13H29N3O2. The molecule has 0 fully saturated rings. The molecule has 0 aliphatic rings. The number of carbonyl (C=O) groups excluding carboxylic acids is 1. The molecule has 0 aromatic rings. The average molecular weight is 259 g/mol. The van der Waals surface area contributed by atoms with Crippen LogP contribution in [0.3, 0.4) is 0 Å². The Balaban J connectivity index is 3.50. The Morgan fingerprint density at radius 3 is 2.50 bits per heavy atom. The fraction of sp³-hybridized carbons (Fsp3) is 0.923. The molecule has 0 radical (unpaired) electrons. The van der Waals surface area contributed by atoms with Crippen molar-refractivity contribution in [2.24, 2.45) is 0 Å². The third-order valence-electron chi connectivity index (χ3n) is 2.98. The number of ether oxygens (including phenoxy) is 1. The second kappa shape index (κ2) is 11.4. The van der Waals surface area contributed by atoms with Crippen molar-refractivity contribution in [3.8, 4) is 0 Å². The average Bonchev–Trinajstić information content (AvgIpc) is 2.38. The van der Waals surface area contributed by atoms with Gasteiger partial charge in [-0.25, -0.2) is 0 Å². The van der Waals surface area contributed by atoms with Gasteiger partial charge in [0, 0.05) is 32.8 Å². The third kappa shape index (κ3) is 9.39. The van der Waals surface area contributed by atoms with Gasteiger partial charge in [0.05, 0.1) is 13.2 Å². The minimum absolute atomic E-state index is 0.0863. The Morgan fingerprint density at radius 2 is 1.94 bits per heavy atom. The van der Waals surface area contributed by atoms with Crippen molar-refractivity contribution < 1.29 is 9.53 Å². The molecule has 108 valence electrons. The van der Waals surface area contributed by atoms with Crippen LogP contribution in [0, 0.1) is 0 Å². The highest BCUT2D eigenvalue weighted by atomic mass is 16.5. The van der Waals surface area contributed by atoms with Crippen molar-refractivity contribution in [1.82, 2.24) is 15.5 Å². The quantitative estimate of drug-likeness (QED) is 0.529. The Kier molecular flexibility index (Phi) is 11.0. The highest BCUT2D eigenvalue weighted by Gasteiger charge is 2.07. The van der Waals surface area contributed by atoms with Crippen LogP contribution >= 0.6 is 0 Å². The van der Waals surface area contributed by atoms with E-state index in [0.717, 1.165) is 39.1 Å². The Morgan fingerprint density at radius 1 is 1.28 bits per heavy atom. The summed E-state index contributed by atoms with van der Waals surface area (Å²) in [4.78, 5) is 13.8. The van der Waals surface area contributed by atoms with E-state index in [0.29, 0.717) is 12.6 Å². The molecule has 5 heteroatoms. The van der Waals surface area contributed by atoms with E-state index in [1.54, 1.807) is 7.11 Å². The van der Waals surface area contributed by atoms with Crippen LogP contribution in [0.1, 0.15) is 26.7 Å². The molecular weight excluding hydrogens is 230 g/mol. The summed E-state index contributed by atoms with van der Waals surface area (Å²) >= 11 is 0. The van der Waals surface area contributed by atoms with Crippen LogP contribution in [0.4, 0.5) is 0 Å².